The minimum absolute atomic E-state index is 0.0526. The van der Waals surface area contributed by atoms with Crippen molar-refractivity contribution in [3.8, 4) is 17.2 Å². The molecule has 166 valence electrons. The van der Waals surface area contributed by atoms with Gasteiger partial charge in [0, 0.05) is 18.3 Å². The minimum atomic E-state index is -0.664. The predicted molar refractivity (Wildman–Crippen MR) is 116 cm³/mol. The smallest absolute Gasteiger partial charge is 0.327 e. The summed E-state index contributed by atoms with van der Waals surface area (Å²) in [5.41, 5.74) is 0.963. The van der Waals surface area contributed by atoms with Gasteiger partial charge in [-0.15, -0.1) is 0 Å². The molecule has 1 saturated heterocycles. The standard InChI is InChI=1S/C22H27N3O6/c1-29-18-13-17(19(25(27)28)21(31-3)20(18)30-2)22(26)23-16-9-7-8-15(12-16)14-24-10-5-4-6-11-24/h7-9,12-13H,4-6,10-11,14H2,1-3H3,(H,23,26). The Morgan fingerprint density at radius 3 is 2.39 bits per heavy atom. The van der Waals surface area contributed by atoms with E-state index in [2.05, 4.69) is 10.2 Å². The van der Waals surface area contributed by atoms with E-state index in [-0.39, 0.29) is 22.8 Å². The first-order chi connectivity index (χ1) is 15.0. The third-order valence-corrected chi connectivity index (χ3v) is 5.27. The van der Waals surface area contributed by atoms with E-state index >= 15 is 0 Å². The Morgan fingerprint density at radius 2 is 1.77 bits per heavy atom. The number of rotatable bonds is 8. The molecule has 1 aliphatic rings. The number of piperidine rings is 1. The summed E-state index contributed by atoms with van der Waals surface area (Å²) in [5, 5.41) is 14.5. The van der Waals surface area contributed by atoms with Gasteiger partial charge < -0.3 is 19.5 Å². The largest absolute Gasteiger partial charge is 0.493 e. The molecule has 2 aromatic rings. The number of hydrogen-bond donors (Lipinski definition) is 1. The molecule has 9 nitrogen and oxygen atoms in total. The van der Waals surface area contributed by atoms with E-state index in [0.29, 0.717) is 5.69 Å². The van der Waals surface area contributed by atoms with Crippen molar-refractivity contribution in [1.29, 1.82) is 0 Å². The van der Waals surface area contributed by atoms with Crippen LogP contribution in [0.25, 0.3) is 0 Å². The van der Waals surface area contributed by atoms with E-state index in [1.807, 2.05) is 18.2 Å². The van der Waals surface area contributed by atoms with E-state index in [1.54, 1.807) is 6.07 Å². The second kappa shape index (κ2) is 10.1. The maximum Gasteiger partial charge on any atom is 0.327 e. The van der Waals surface area contributed by atoms with Crippen molar-refractivity contribution in [2.75, 3.05) is 39.7 Å². The first kappa shape index (κ1) is 22.4. The third-order valence-electron chi connectivity index (χ3n) is 5.27. The number of anilines is 1. The van der Waals surface area contributed by atoms with Gasteiger partial charge in [0.15, 0.2) is 5.75 Å². The molecule has 1 aliphatic heterocycles. The number of methoxy groups -OCH3 is 3. The lowest BCUT2D eigenvalue weighted by Crippen LogP contribution is -2.29. The number of nitro groups is 1. The van der Waals surface area contributed by atoms with Crippen LogP contribution in [-0.2, 0) is 6.54 Å². The molecule has 0 radical (unpaired) electrons. The summed E-state index contributed by atoms with van der Waals surface area (Å²) in [6.45, 7) is 2.93. The Balaban J connectivity index is 1.89. The summed E-state index contributed by atoms with van der Waals surface area (Å²) in [6.07, 6.45) is 3.66. The topological polar surface area (TPSA) is 103 Å². The summed E-state index contributed by atoms with van der Waals surface area (Å²) in [4.78, 5) is 26.5. The number of likely N-dealkylation sites (tertiary alicyclic amines) is 1. The SMILES string of the molecule is COc1cc(C(=O)Nc2cccc(CN3CCCCC3)c2)c([N+](=O)[O-])c(OC)c1OC. The number of benzene rings is 2. The van der Waals surface area contributed by atoms with E-state index in [1.165, 1.54) is 46.7 Å². The quantitative estimate of drug-likeness (QED) is 0.502. The molecule has 1 amide bonds. The lowest BCUT2D eigenvalue weighted by Gasteiger charge is -2.26. The Labute approximate surface area is 181 Å². The number of nitrogens with zero attached hydrogens (tertiary/aromatic N) is 2. The molecule has 0 spiro atoms. The molecule has 1 N–H and O–H groups in total. The number of carbonyl (C=O) groups is 1. The van der Waals surface area contributed by atoms with Crippen LogP contribution in [0.2, 0.25) is 0 Å². The van der Waals surface area contributed by atoms with Crippen molar-refractivity contribution in [2.24, 2.45) is 0 Å². The van der Waals surface area contributed by atoms with Crippen molar-refractivity contribution in [2.45, 2.75) is 25.8 Å². The molecule has 0 aliphatic carbocycles. The van der Waals surface area contributed by atoms with Crippen LogP contribution < -0.4 is 19.5 Å². The van der Waals surface area contributed by atoms with Gasteiger partial charge in [-0.05, 0) is 43.6 Å². The van der Waals surface area contributed by atoms with Crippen LogP contribution in [0.3, 0.4) is 0 Å². The molecule has 1 heterocycles. The van der Waals surface area contributed by atoms with Crippen LogP contribution in [0, 0.1) is 10.1 Å². The zero-order valence-electron chi connectivity index (χ0n) is 18.0. The van der Waals surface area contributed by atoms with Gasteiger partial charge in [0.25, 0.3) is 5.91 Å². The van der Waals surface area contributed by atoms with Crippen LogP contribution in [-0.4, -0.2) is 50.1 Å². The van der Waals surface area contributed by atoms with Crippen LogP contribution in [0.4, 0.5) is 11.4 Å². The first-order valence-electron chi connectivity index (χ1n) is 10.1. The molecule has 0 atom stereocenters. The zero-order valence-corrected chi connectivity index (χ0v) is 18.0. The average Bonchev–Trinajstić information content (AvgIpc) is 2.78. The highest BCUT2D eigenvalue weighted by Crippen LogP contribution is 2.46. The molecule has 0 saturated carbocycles. The molecule has 2 aromatic carbocycles. The Hall–Kier alpha value is -3.33. The summed E-state index contributed by atoms with van der Waals surface area (Å²) in [6, 6.07) is 8.79. The lowest BCUT2D eigenvalue weighted by atomic mass is 10.1. The Kier molecular flexibility index (Phi) is 7.30. The summed E-state index contributed by atoms with van der Waals surface area (Å²) in [5.74, 6) is -0.595. The van der Waals surface area contributed by atoms with Crippen LogP contribution in [0.5, 0.6) is 17.2 Å². The summed E-state index contributed by atoms with van der Waals surface area (Å²) in [7, 11) is 4.00. The van der Waals surface area contributed by atoms with Crippen LogP contribution >= 0.6 is 0 Å². The molecule has 1 fully saturated rings. The summed E-state index contributed by atoms with van der Waals surface area (Å²) >= 11 is 0. The van der Waals surface area contributed by atoms with E-state index in [0.717, 1.165) is 25.2 Å². The average molecular weight is 429 g/mol. The van der Waals surface area contributed by atoms with Gasteiger partial charge in [0.05, 0.1) is 26.3 Å². The fraction of sp³-hybridized carbons (Fsp3) is 0.409. The van der Waals surface area contributed by atoms with Crippen molar-refractivity contribution in [1.82, 2.24) is 4.90 Å². The molecule has 0 aromatic heterocycles. The predicted octanol–water partition coefficient (Wildman–Crippen LogP) is 3.86. The Morgan fingerprint density at radius 1 is 1.06 bits per heavy atom. The van der Waals surface area contributed by atoms with Gasteiger partial charge >= 0.3 is 5.69 Å². The number of nitrogens with one attached hydrogen (secondary N) is 1. The zero-order chi connectivity index (χ0) is 22.4. The van der Waals surface area contributed by atoms with E-state index in [4.69, 9.17) is 14.2 Å². The summed E-state index contributed by atoms with van der Waals surface area (Å²) < 4.78 is 15.6. The number of amides is 1. The van der Waals surface area contributed by atoms with Crippen molar-refractivity contribution in [3.05, 3.63) is 51.6 Å². The van der Waals surface area contributed by atoms with Gasteiger partial charge in [-0.2, -0.15) is 0 Å². The van der Waals surface area contributed by atoms with Gasteiger partial charge in [0.2, 0.25) is 11.5 Å². The number of ether oxygens (including phenoxy) is 3. The van der Waals surface area contributed by atoms with Gasteiger partial charge in [-0.1, -0.05) is 18.6 Å². The third kappa shape index (κ3) is 5.05. The minimum Gasteiger partial charge on any atom is -0.493 e. The van der Waals surface area contributed by atoms with Crippen molar-refractivity contribution in [3.63, 3.8) is 0 Å². The van der Waals surface area contributed by atoms with Crippen LogP contribution in [0.1, 0.15) is 35.2 Å². The highest BCUT2D eigenvalue weighted by atomic mass is 16.6. The van der Waals surface area contributed by atoms with Crippen molar-refractivity contribution >= 4 is 17.3 Å². The highest BCUT2D eigenvalue weighted by molar-refractivity contribution is 6.08. The normalized spacial score (nSPS) is 14.0. The highest BCUT2D eigenvalue weighted by Gasteiger charge is 2.32. The number of carbonyl (C=O) groups excluding carboxylic acids is 1. The molecule has 0 unspecified atom stereocenters. The molecular weight excluding hydrogens is 402 g/mol. The molecule has 9 heteroatoms. The Bertz CT molecular complexity index is 957. The molecule has 0 bridgehead atoms. The maximum absolute atomic E-state index is 13.0. The number of hydrogen-bond acceptors (Lipinski definition) is 7. The maximum atomic E-state index is 13.0. The van der Waals surface area contributed by atoms with E-state index in [9.17, 15) is 14.9 Å². The fourth-order valence-corrected chi connectivity index (χ4v) is 3.82. The van der Waals surface area contributed by atoms with Gasteiger partial charge in [0.1, 0.15) is 5.56 Å². The van der Waals surface area contributed by atoms with Gasteiger partial charge in [-0.3, -0.25) is 19.8 Å². The molecule has 31 heavy (non-hydrogen) atoms. The van der Waals surface area contributed by atoms with Crippen LogP contribution in [0.15, 0.2) is 30.3 Å². The van der Waals surface area contributed by atoms with Crippen molar-refractivity contribution < 1.29 is 23.9 Å². The first-order valence-corrected chi connectivity index (χ1v) is 10.1. The monoisotopic (exact) mass is 429 g/mol. The molecule has 3 rings (SSSR count). The second-order valence-corrected chi connectivity index (χ2v) is 7.29. The second-order valence-electron chi connectivity index (χ2n) is 7.29. The number of nitro benzene ring substituents is 1. The fourth-order valence-electron chi connectivity index (χ4n) is 3.82. The molecular formula is C22H27N3O6. The lowest BCUT2D eigenvalue weighted by molar-refractivity contribution is -0.386. The van der Waals surface area contributed by atoms with E-state index < -0.39 is 16.5 Å². The van der Waals surface area contributed by atoms with Gasteiger partial charge in [-0.25, -0.2) is 0 Å².